The number of rotatable bonds is 5. The molecule has 2 N–H and O–H groups in total. The molecule has 0 heterocycles. The van der Waals surface area contributed by atoms with Crippen molar-refractivity contribution >= 4 is 27.5 Å². The van der Waals surface area contributed by atoms with Crippen molar-refractivity contribution in [2.45, 2.75) is 11.8 Å². The van der Waals surface area contributed by atoms with E-state index < -0.39 is 27.8 Å². The molecule has 0 aliphatic heterocycles. The number of nitrogens with one attached hydrogen (secondary N) is 1. The van der Waals surface area contributed by atoms with Crippen molar-refractivity contribution in [1.82, 2.24) is 4.90 Å². The SMILES string of the molecule is CC(CN(C)C(=O)Nc1ccc(S(C)(=O)=O)cc1)C(=O)O. The van der Waals surface area contributed by atoms with Gasteiger partial charge in [-0.05, 0) is 24.3 Å². The highest BCUT2D eigenvalue weighted by atomic mass is 32.2. The van der Waals surface area contributed by atoms with Crippen LogP contribution in [0.3, 0.4) is 0 Å². The third kappa shape index (κ3) is 5.07. The first-order valence-electron chi connectivity index (χ1n) is 6.16. The van der Waals surface area contributed by atoms with Gasteiger partial charge in [-0.2, -0.15) is 0 Å². The van der Waals surface area contributed by atoms with Crippen molar-refractivity contribution in [2.24, 2.45) is 5.92 Å². The Labute approximate surface area is 123 Å². The summed E-state index contributed by atoms with van der Waals surface area (Å²) in [6, 6.07) is 5.27. The van der Waals surface area contributed by atoms with Gasteiger partial charge in [-0.25, -0.2) is 13.2 Å². The maximum atomic E-state index is 11.9. The molecule has 8 heteroatoms. The fourth-order valence-electron chi connectivity index (χ4n) is 1.58. The zero-order chi connectivity index (χ0) is 16.2. The number of benzene rings is 1. The minimum absolute atomic E-state index is 0.0720. The number of carbonyl (C=O) groups excluding carboxylic acids is 1. The van der Waals surface area contributed by atoms with Gasteiger partial charge in [-0.1, -0.05) is 6.92 Å². The highest BCUT2D eigenvalue weighted by Crippen LogP contribution is 2.14. The summed E-state index contributed by atoms with van der Waals surface area (Å²) in [4.78, 5) is 24.0. The molecule has 1 atom stereocenters. The Hall–Kier alpha value is -2.09. The summed E-state index contributed by atoms with van der Waals surface area (Å²) in [6.45, 7) is 1.58. The van der Waals surface area contributed by atoms with E-state index in [-0.39, 0.29) is 11.4 Å². The van der Waals surface area contributed by atoms with Crippen LogP contribution in [0, 0.1) is 5.92 Å². The molecular formula is C13H18N2O5S. The number of carboxylic acids is 1. The summed E-state index contributed by atoms with van der Waals surface area (Å²) in [5.74, 6) is -1.65. The average molecular weight is 314 g/mol. The average Bonchev–Trinajstić information content (AvgIpc) is 2.37. The molecule has 1 aromatic carbocycles. The van der Waals surface area contributed by atoms with Crippen LogP contribution in [0.5, 0.6) is 0 Å². The summed E-state index contributed by atoms with van der Waals surface area (Å²) in [7, 11) is -1.79. The second-order valence-corrected chi connectivity index (χ2v) is 6.86. The van der Waals surface area contributed by atoms with Crippen LogP contribution in [0.2, 0.25) is 0 Å². The lowest BCUT2D eigenvalue weighted by atomic mass is 10.2. The molecule has 7 nitrogen and oxygen atoms in total. The van der Waals surface area contributed by atoms with E-state index in [0.717, 1.165) is 6.26 Å². The van der Waals surface area contributed by atoms with E-state index in [1.54, 1.807) is 0 Å². The van der Waals surface area contributed by atoms with Crippen molar-refractivity contribution in [2.75, 3.05) is 25.2 Å². The zero-order valence-corrected chi connectivity index (χ0v) is 12.8. The number of nitrogens with zero attached hydrogens (tertiary/aromatic N) is 1. The van der Waals surface area contributed by atoms with E-state index in [0.29, 0.717) is 5.69 Å². The number of hydrogen-bond acceptors (Lipinski definition) is 4. The van der Waals surface area contributed by atoms with Crippen LogP contribution in [0.15, 0.2) is 29.2 Å². The molecule has 0 bridgehead atoms. The lowest BCUT2D eigenvalue weighted by Gasteiger charge is -2.20. The molecule has 0 aliphatic carbocycles. The summed E-state index contributed by atoms with van der Waals surface area (Å²) in [5, 5.41) is 11.4. The number of hydrogen-bond donors (Lipinski definition) is 2. The minimum atomic E-state index is -3.28. The maximum Gasteiger partial charge on any atom is 0.321 e. The first-order valence-corrected chi connectivity index (χ1v) is 8.05. The van der Waals surface area contributed by atoms with Gasteiger partial charge in [-0.3, -0.25) is 4.79 Å². The third-order valence-electron chi connectivity index (χ3n) is 2.85. The van der Waals surface area contributed by atoms with Crippen LogP contribution in [-0.4, -0.2) is 50.3 Å². The van der Waals surface area contributed by atoms with E-state index in [1.165, 1.54) is 43.1 Å². The molecular weight excluding hydrogens is 296 g/mol. The van der Waals surface area contributed by atoms with Gasteiger partial charge < -0.3 is 15.3 Å². The van der Waals surface area contributed by atoms with Gasteiger partial charge in [0.05, 0.1) is 10.8 Å². The highest BCUT2D eigenvalue weighted by molar-refractivity contribution is 7.90. The van der Waals surface area contributed by atoms with Crippen LogP contribution < -0.4 is 5.32 Å². The van der Waals surface area contributed by atoms with Crippen LogP contribution >= 0.6 is 0 Å². The fourth-order valence-corrected chi connectivity index (χ4v) is 2.21. The Morgan fingerprint density at radius 2 is 1.81 bits per heavy atom. The first-order chi connectivity index (χ1) is 9.61. The lowest BCUT2D eigenvalue weighted by Crippen LogP contribution is -2.36. The number of anilines is 1. The molecule has 116 valence electrons. The largest absolute Gasteiger partial charge is 0.481 e. The van der Waals surface area contributed by atoms with Gasteiger partial charge in [0, 0.05) is 25.5 Å². The van der Waals surface area contributed by atoms with Crippen LogP contribution in [0.4, 0.5) is 10.5 Å². The van der Waals surface area contributed by atoms with E-state index in [4.69, 9.17) is 5.11 Å². The summed E-state index contributed by atoms with van der Waals surface area (Å²) >= 11 is 0. The van der Waals surface area contributed by atoms with Gasteiger partial charge >= 0.3 is 12.0 Å². The van der Waals surface area contributed by atoms with Crippen molar-refractivity contribution in [3.05, 3.63) is 24.3 Å². The van der Waals surface area contributed by atoms with E-state index >= 15 is 0 Å². The number of sulfone groups is 1. The quantitative estimate of drug-likeness (QED) is 0.852. The molecule has 0 fully saturated rings. The van der Waals surface area contributed by atoms with E-state index in [1.807, 2.05) is 0 Å². The van der Waals surface area contributed by atoms with Gasteiger partial charge in [-0.15, -0.1) is 0 Å². The molecule has 0 aliphatic rings. The Morgan fingerprint density at radius 1 is 1.29 bits per heavy atom. The van der Waals surface area contributed by atoms with Gasteiger partial charge in [0.25, 0.3) is 0 Å². The minimum Gasteiger partial charge on any atom is -0.481 e. The van der Waals surface area contributed by atoms with Gasteiger partial charge in [0.1, 0.15) is 0 Å². The number of carbonyl (C=O) groups is 2. The number of carboxylic acid groups (broad SMARTS) is 1. The smallest absolute Gasteiger partial charge is 0.321 e. The van der Waals surface area contributed by atoms with Crippen LogP contribution in [0.25, 0.3) is 0 Å². The van der Waals surface area contributed by atoms with Crippen molar-refractivity contribution in [3.8, 4) is 0 Å². The lowest BCUT2D eigenvalue weighted by molar-refractivity contribution is -0.141. The third-order valence-corrected chi connectivity index (χ3v) is 3.98. The number of aliphatic carboxylic acids is 1. The Kier molecular flexibility index (Phi) is 5.31. The molecule has 0 saturated carbocycles. The second kappa shape index (κ2) is 6.57. The van der Waals surface area contributed by atoms with E-state index in [2.05, 4.69) is 5.32 Å². The predicted molar refractivity (Wildman–Crippen MR) is 78.0 cm³/mol. The molecule has 0 radical (unpaired) electrons. The van der Waals surface area contributed by atoms with Gasteiger partial charge in [0.2, 0.25) is 0 Å². The molecule has 0 saturated heterocycles. The molecule has 1 aromatic rings. The Balaban J connectivity index is 2.69. The topological polar surface area (TPSA) is 104 Å². The Morgan fingerprint density at radius 3 is 2.24 bits per heavy atom. The molecule has 2 amide bonds. The number of amides is 2. The zero-order valence-electron chi connectivity index (χ0n) is 12.0. The summed E-state index contributed by atoms with van der Waals surface area (Å²) in [5.41, 5.74) is 0.433. The molecule has 0 spiro atoms. The predicted octanol–water partition coefficient (Wildman–Crippen LogP) is 1.27. The second-order valence-electron chi connectivity index (χ2n) is 4.85. The van der Waals surface area contributed by atoms with Crippen molar-refractivity contribution in [3.63, 3.8) is 0 Å². The maximum absolute atomic E-state index is 11.9. The summed E-state index contributed by atoms with van der Waals surface area (Å²) < 4.78 is 22.6. The highest BCUT2D eigenvalue weighted by Gasteiger charge is 2.17. The first kappa shape index (κ1) is 17.0. The van der Waals surface area contributed by atoms with E-state index in [9.17, 15) is 18.0 Å². The monoisotopic (exact) mass is 314 g/mol. The van der Waals surface area contributed by atoms with Gasteiger partial charge in [0.15, 0.2) is 9.84 Å². The van der Waals surface area contributed by atoms with Crippen molar-refractivity contribution in [1.29, 1.82) is 0 Å². The fraction of sp³-hybridized carbons (Fsp3) is 0.385. The van der Waals surface area contributed by atoms with Crippen LogP contribution in [-0.2, 0) is 14.6 Å². The summed E-state index contributed by atoms with van der Waals surface area (Å²) in [6.07, 6.45) is 1.10. The Bertz CT molecular complexity index is 624. The molecule has 21 heavy (non-hydrogen) atoms. The molecule has 1 rings (SSSR count). The van der Waals surface area contributed by atoms with Crippen molar-refractivity contribution < 1.29 is 23.1 Å². The van der Waals surface area contributed by atoms with Crippen LogP contribution in [0.1, 0.15) is 6.92 Å². The molecule has 1 unspecified atom stereocenters. The number of urea groups is 1. The normalized spacial score (nSPS) is 12.5. The molecule has 0 aromatic heterocycles. The standard InChI is InChI=1S/C13H18N2O5S/c1-9(12(16)17)8-15(2)13(18)14-10-4-6-11(7-5-10)21(3,19)20/h4-7,9H,8H2,1-3H3,(H,14,18)(H,16,17).